The summed E-state index contributed by atoms with van der Waals surface area (Å²) in [6.07, 6.45) is 2.91. The van der Waals surface area contributed by atoms with Crippen LogP contribution in [-0.4, -0.2) is 41.2 Å². The number of nitrogens with one attached hydrogen (secondary N) is 1. The molecule has 1 aromatic rings. The highest BCUT2D eigenvalue weighted by atomic mass is 16.5. The Labute approximate surface area is 157 Å². The van der Waals surface area contributed by atoms with E-state index in [0.29, 0.717) is 5.69 Å². The summed E-state index contributed by atoms with van der Waals surface area (Å²) in [7, 11) is 0. The van der Waals surface area contributed by atoms with Gasteiger partial charge in [0.1, 0.15) is 6.04 Å². The summed E-state index contributed by atoms with van der Waals surface area (Å²) in [4.78, 5) is 50.8. The lowest BCUT2D eigenvalue weighted by Crippen LogP contribution is -2.45. The number of hydrogen-bond acceptors (Lipinski definition) is 5. The number of rotatable bonds is 5. The maximum atomic E-state index is 12.7. The van der Waals surface area contributed by atoms with Gasteiger partial charge < -0.3 is 10.1 Å². The van der Waals surface area contributed by atoms with Crippen LogP contribution in [-0.2, 0) is 23.9 Å². The molecule has 2 saturated carbocycles. The highest BCUT2D eigenvalue weighted by molar-refractivity contribution is 6.08. The fourth-order valence-corrected chi connectivity index (χ4v) is 4.89. The average Bonchev–Trinajstić information content (AvgIpc) is 3.34. The first kappa shape index (κ1) is 17.7. The second-order valence-corrected chi connectivity index (χ2v) is 7.63. The number of fused-ring (bicyclic) bond motifs is 5. The van der Waals surface area contributed by atoms with Gasteiger partial charge in [-0.15, -0.1) is 0 Å². The van der Waals surface area contributed by atoms with Crippen molar-refractivity contribution in [1.29, 1.82) is 0 Å². The van der Waals surface area contributed by atoms with Gasteiger partial charge in [0, 0.05) is 5.69 Å². The lowest BCUT2D eigenvalue weighted by molar-refractivity contribution is -0.159. The summed E-state index contributed by atoms with van der Waals surface area (Å²) in [6, 6.07) is 7.80. The molecule has 0 aromatic heterocycles. The van der Waals surface area contributed by atoms with E-state index in [1.807, 2.05) is 6.07 Å². The number of imide groups is 1. The van der Waals surface area contributed by atoms with E-state index in [2.05, 4.69) is 5.32 Å². The Morgan fingerprint density at radius 1 is 1.11 bits per heavy atom. The van der Waals surface area contributed by atoms with Crippen molar-refractivity contribution in [3.05, 3.63) is 30.3 Å². The minimum Gasteiger partial charge on any atom is -0.454 e. The summed E-state index contributed by atoms with van der Waals surface area (Å²) >= 11 is 0. The highest BCUT2D eigenvalue weighted by Crippen LogP contribution is 2.56. The molecular weight excluding hydrogens is 348 g/mol. The highest BCUT2D eigenvalue weighted by Gasteiger charge is 2.62. The largest absolute Gasteiger partial charge is 0.454 e. The van der Waals surface area contributed by atoms with Crippen molar-refractivity contribution in [3.8, 4) is 0 Å². The van der Waals surface area contributed by atoms with Crippen molar-refractivity contribution in [2.24, 2.45) is 23.7 Å². The molecule has 27 heavy (non-hydrogen) atoms. The van der Waals surface area contributed by atoms with Crippen LogP contribution in [0, 0.1) is 23.7 Å². The predicted octanol–water partition coefficient (Wildman–Crippen LogP) is 1.59. The Kier molecular flexibility index (Phi) is 4.45. The molecule has 0 unspecified atom stereocenters. The lowest BCUT2D eigenvalue weighted by Gasteiger charge is -2.23. The van der Waals surface area contributed by atoms with E-state index in [-0.39, 0.29) is 35.5 Å². The van der Waals surface area contributed by atoms with Gasteiger partial charge in [-0.05, 0) is 50.2 Å². The fraction of sp³-hybridized carbons (Fsp3) is 0.500. The van der Waals surface area contributed by atoms with Crippen LogP contribution in [0.1, 0.15) is 26.2 Å². The molecule has 1 saturated heterocycles. The molecular formula is C20H22N2O5. The molecule has 142 valence electrons. The Morgan fingerprint density at radius 2 is 1.70 bits per heavy atom. The topological polar surface area (TPSA) is 92.8 Å². The van der Waals surface area contributed by atoms with Gasteiger partial charge >= 0.3 is 5.97 Å². The Hall–Kier alpha value is -2.70. The first-order valence-electron chi connectivity index (χ1n) is 9.36. The molecule has 1 aliphatic heterocycles. The number of carbonyl (C=O) groups is 4. The second-order valence-electron chi connectivity index (χ2n) is 7.63. The number of carbonyl (C=O) groups excluding carboxylic acids is 4. The molecule has 7 nitrogen and oxygen atoms in total. The van der Waals surface area contributed by atoms with Gasteiger partial charge in [0.25, 0.3) is 5.91 Å². The van der Waals surface area contributed by atoms with Crippen molar-refractivity contribution in [3.63, 3.8) is 0 Å². The van der Waals surface area contributed by atoms with E-state index in [1.165, 1.54) is 6.92 Å². The van der Waals surface area contributed by atoms with Gasteiger partial charge in [-0.1, -0.05) is 18.2 Å². The summed E-state index contributed by atoms with van der Waals surface area (Å²) in [5, 5.41) is 2.61. The zero-order valence-corrected chi connectivity index (χ0v) is 15.1. The number of anilines is 1. The Bertz CT molecular complexity index is 765. The Morgan fingerprint density at radius 3 is 2.30 bits per heavy atom. The molecule has 3 aliphatic rings. The van der Waals surface area contributed by atoms with Crippen molar-refractivity contribution < 1.29 is 23.9 Å². The van der Waals surface area contributed by atoms with Gasteiger partial charge in [-0.3, -0.25) is 19.3 Å². The first-order chi connectivity index (χ1) is 13.0. The summed E-state index contributed by atoms with van der Waals surface area (Å²) in [6.45, 7) is 1.02. The van der Waals surface area contributed by atoms with E-state index in [1.54, 1.807) is 24.3 Å². The molecule has 1 aromatic carbocycles. The number of esters is 1. The molecule has 0 radical (unpaired) electrons. The number of benzene rings is 1. The maximum Gasteiger partial charge on any atom is 0.329 e. The lowest BCUT2D eigenvalue weighted by atomic mass is 9.81. The molecule has 7 heteroatoms. The van der Waals surface area contributed by atoms with Crippen LogP contribution in [0.4, 0.5) is 5.69 Å². The van der Waals surface area contributed by atoms with Crippen molar-refractivity contribution in [2.75, 3.05) is 11.9 Å². The quantitative estimate of drug-likeness (QED) is 0.628. The minimum absolute atomic E-state index is 0.254. The van der Waals surface area contributed by atoms with Gasteiger partial charge in [0.15, 0.2) is 6.61 Å². The number of hydrogen-bond donors (Lipinski definition) is 1. The second kappa shape index (κ2) is 6.79. The zero-order valence-electron chi connectivity index (χ0n) is 15.1. The van der Waals surface area contributed by atoms with Crippen LogP contribution < -0.4 is 5.32 Å². The van der Waals surface area contributed by atoms with Crippen LogP contribution in [0.15, 0.2) is 30.3 Å². The number of likely N-dealkylation sites (tertiary alicyclic amines) is 1. The number of para-hydroxylation sites is 1. The smallest absolute Gasteiger partial charge is 0.329 e. The summed E-state index contributed by atoms with van der Waals surface area (Å²) in [5.74, 6) is -1.74. The van der Waals surface area contributed by atoms with Gasteiger partial charge in [0.2, 0.25) is 11.8 Å². The van der Waals surface area contributed by atoms with Crippen LogP contribution in [0.5, 0.6) is 0 Å². The van der Waals surface area contributed by atoms with Gasteiger partial charge in [-0.25, -0.2) is 4.79 Å². The van der Waals surface area contributed by atoms with E-state index in [0.717, 1.165) is 24.2 Å². The molecule has 1 heterocycles. The van der Waals surface area contributed by atoms with E-state index >= 15 is 0 Å². The zero-order chi connectivity index (χ0) is 19.1. The molecule has 5 atom stereocenters. The molecule has 3 amide bonds. The van der Waals surface area contributed by atoms with E-state index < -0.39 is 24.5 Å². The fourth-order valence-electron chi connectivity index (χ4n) is 4.89. The summed E-state index contributed by atoms with van der Waals surface area (Å²) in [5.41, 5.74) is 0.597. The number of nitrogens with zero attached hydrogens (tertiary/aromatic N) is 1. The maximum absolute atomic E-state index is 12.7. The minimum atomic E-state index is -1.01. The van der Waals surface area contributed by atoms with E-state index in [4.69, 9.17) is 4.74 Å². The SMILES string of the molecule is C[C@H](C(=O)OCC(=O)Nc1ccccc1)N1C(=O)[C@@H]2[C@H]3CC[C@@H](C3)[C@@H]2C1=O. The van der Waals surface area contributed by atoms with Crippen molar-refractivity contribution in [1.82, 2.24) is 4.90 Å². The monoisotopic (exact) mass is 370 g/mol. The van der Waals surface area contributed by atoms with E-state index in [9.17, 15) is 19.2 Å². The van der Waals surface area contributed by atoms with Gasteiger partial charge in [-0.2, -0.15) is 0 Å². The van der Waals surface area contributed by atoms with Crippen LogP contribution in [0.3, 0.4) is 0 Å². The van der Waals surface area contributed by atoms with Crippen LogP contribution in [0.2, 0.25) is 0 Å². The molecule has 3 fully saturated rings. The molecule has 0 spiro atoms. The summed E-state index contributed by atoms with van der Waals surface area (Å²) < 4.78 is 5.04. The molecule has 4 rings (SSSR count). The standard InChI is InChI=1S/C20H22N2O5/c1-11(20(26)27-10-15(23)21-14-5-3-2-4-6-14)22-18(24)16-12-7-8-13(9-12)17(16)19(22)25/h2-6,11-13,16-17H,7-10H2,1H3,(H,21,23)/t11-,12+,13+,16-,17+/m1/s1. The third-order valence-corrected chi connectivity index (χ3v) is 6.09. The first-order valence-corrected chi connectivity index (χ1v) is 9.36. The number of ether oxygens (including phenoxy) is 1. The normalized spacial score (nSPS) is 29.6. The third kappa shape index (κ3) is 3.01. The average molecular weight is 370 g/mol. The van der Waals surface area contributed by atoms with Crippen molar-refractivity contribution in [2.45, 2.75) is 32.2 Å². The molecule has 2 aliphatic carbocycles. The molecule has 1 N–H and O–H groups in total. The predicted molar refractivity (Wildman–Crippen MR) is 95.2 cm³/mol. The third-order valence-electron chi connectivity index (χ3n) is 6.09. The van der Waals surface area contributed by atoms with Gasteiger partial charge in [0.05, 0.1) is 11.8 Å². The molecule has 2 bridgehead atoms. The van der Waals surface area contributed by atoms with Crippen molar-refractivity contribution >= 4 is 29.4 Å². The Balaban J connectivity index is 1.35. The van der Waals surface area contributed by atoms with Crippen LogP contribution in [0.25, 0.3) is 0 Å². The van der Waals surface area contributed by atoms with Crippen LogP contribution >= 0.6 is 0 Å². The number of amides is 3.